The number of nitrogens with zero attached hydrogens (tertiary/aromatic N) is 2. The molecule has 0 aromatic heterocycles. The molecule has 0 unspecified atom stereocenters. The normalized spacial score (nSPS) is 11.8. The molecule has 0 saturated heterocycles. The zero-order chi connectivity index (χ0) is 31.9. The number of anilines is 1. The van der Waals surface area contributed by atoms with E-state index in [1.165, 1.54) is 49.4 Å². The van der Waals surface area contributed by atoms with Gasteiger partial charge in [-0.15, -0.1) is 0 Å². The minimum Gasteiger partial charge on any atom is -0.495 e. The summed E-state index contributed by atoms with van der Waals surface area (Å²) in [6, 6.07) is 25.2. The van der Waals surface area contributed by atoms with Crippen LogP contribution in [0.3, 0.4) is 0 Å². The van der Waals surface area contributed by atoms with Gasteiger partial charge in [0.25, 0.3) is 10.0 Å². The number of nitrogens with one attached hydrogen (secondary N) is 1. The molecule has 4 aromatic carbocycles. The Bertz CT molecular complexity index is 1700. The van der Waals surface area contributed by atoms with Crippen molar-refractivity contribution in [2.45, 2.75) is 23.9 Å². The average molecular weight is 675 g/mol. The minimum absolute atomic E-state index is 0.0347. The van der Waals surface area contributed by atoms with Crippen LogP contribution >= 0.6 is 34.8 Å². The van der Waals surface area contributed by atoms with Gasteiger partial charge in [0, 0.05) is 35.6 Å². The van der Waals surface area contributed by atoms with E-state index in [9.17, 15) is 18.0 Å². The van der Waals surface area contributed by atoms with Gasteiger partial charge < -0.3 is 15.0 Å². The molecule has 1 N–H and O–H groups in total. The molecule has 0 fully saturated rings. The quantitative estimate of drug-likeness (QED) is 0.192. The fourth-order valence-corrected chi connectivity index (χ4v) is 6.83. The van der Waals surface area contributed by atoms with Crippen LogP contribution < -0.4 is 14.4 Å². The lowest BCUT2D eigenvalue weighted by atomic mass is 10.0. The van der Waals surface area contributed by atoms with Crippen molar-refractivity contribution >= 4 is 62.3 Å². The van der Waals surface area contributed by atoms with Crippen molar-refractivity contribution in [2.75, 3.05) is 25.0 Å². The first-order valence-electron chi connectivity index (χ1n) is 13.5. The van der Waals surface area contributed by atoms with E-state index in [0.717, 1.165) is 9.87 Å². The maximum absolute atomic E-state index is 14.4. The zero-order valence-electron chi connectivity index (χ0n) is 23.9. The number of sulfonamides is 1. The van der Waals surface area contributed by atoms with E-state index >= 15 is 0 Å². The van der Waals surface area contributed by atoms with Crippen LogP contribution in [0, 0.1) is 0 Å². The van der Waals surface area contributed by atoms with Gasteiger partial charge in [0.15, 0.2) is 0 Å². The summed E-state index contributed by atoms with van der Waals surface area (Å²) >= 11 is 19.4. The third-order valence-electron chi connectivity index (χ3n) is 6.94. The fraction of sp³-hybridized carbons (Fsp3) is 0.188. The van der Waals surface area contributed by atoms with E-state index in [4.69, 9.17) is 39.5 Å². The fourth-order valence-electron chi connectivity index (χ4n) is 4.63. The van der Waals surface area contributed by atoms with Crippen LogP contribution in [-0.2, 0) is 32.6 Å². The Morgan fingerprint density at radius 1 is 0.841 bits per heavy atom. The molecule has 44 heavy (non-hydrogen) atoms. The monoisotopic (exact) mass is 673 g/mol. The molecule has 0 saturated carbocycles. The minimum atomic E-state index is -4.28. The van der Waals surface area contributed by atoms with Crippen LogP contribution in [0.2, 0.25) is 15.1 Å². The number of amides is 2. The molecule has 0 spiro atoms. The highest BCUT2D eigenvalue weighted by molar-refractivity contribution is 7.92. The van der Waals surface area contributed by atoms with Crippen molar-refractivity contribution in [1.29, 1.82) is 0 Å². The first kappa shape index (κ1) is 33.1. The van der Waals surface area contributed by atoms with Crippen LogP contribution in [-0.4, -0.2) is 51.9 Å². The molecule has 0 aliphatic carbocycles. The number of halogens is 3. The van der Waals surface area contributed by atoms with Gasteiger partial charge in [-0.1, -0.05) is 89.4 Å². The molecule has 12 heteroatoms. The topological polar surface area (TPSA) is 96.0 Å². The molecule has 2 amide bonds. The number of benzene rings is 4. The van der Waals surface area contributed by atoms with E-state index in [1.54, 1.807) is 36.4 Å². The largest absolute Gasteiger partial charge is 0.495 e. The van der Waals surface area contributed by atoms with Crippen molar-refractivity contribution in [2.24, 2.45) is 0 Å². The molecule has 4 rings (SSSR count). The SMILES string of the molecule is CNC(=O)[C@@H](Cc1ccccc1)N(Cc1c(Cl)cccc1Cl)C(=O)CN(c1ccc(OC)c(Cl)c1)S(=O)(=O)c1ccccc1. The Kier molecular flexibility index (Phi) is 11.2. The highest BCUT2D eigenvalue weighted by Gasteiger charge is 2.35. The van der Waals surface area contributed by atoms with Crippen molar-refractivity contribution in [1.82, 2.24) is 10.2 Å². The standard InChI is InChI=1S/C32H30Cl3N3O5S/c1-36-32(40)29(18-22-10-5-3-6-11-22)37(20-25-26(33)14-9-15-27(25)34)31(39)21-38(23-16-17-30(43-2)28(35)19-23)44(41,42)24-12-7-4-8-13-24/h3-17,19,29H,18,20-21H2,1-2H3,(H,36,40)/t29-/m1/s1. The van der Waals surface area contributed by atoms with E-state index in [0.29, 0.717) is 21.4 Å². The summed E-state index contributed by atoms with van der Waals surface area (Å²) in [5.74, 6) is -0.788. The summed E-state index contributed by atoms with van der Waals surface area (Å²) in [4.78, 5) is 29.0. The number of rotatable bonds is 12. The molecular weight excluding hydrogens is 645 g/mol. The third kappa shape index (κ3) is 7.65. The van der Waals surface area contributed by atoms with Gasteiger partial charge in [-0.05, 0) is 48.0 Å². The van der Waals surface area contributed by atoms with Gasteiger partial charge in [0.05, 0.1) is 22.7 Å². The molecule has 0 heterocycles. The van der Waals surface area contributed by atoms with Gasteiger partial charge >= 0.3 is 0 Å². The van der Waals surface area contributed by atoms with Gasteiger partial charge in [-0.3, -0.25) is 13.9 Å². The highest BCUT2D eigenvalue weighted by Crippen LogP contribution is 2.33. The Morgan fingerprint density at radius 3 is 2.02 bits per heavy atom. The van der Waals surface area contributed by atoms with Crippen LogP contribution in [0.1, 0.15) is 11.1 Å². The third-order valence-corrected chi connectivity index (χ3v) is 9.73. The molecule has 0 aliphatic heterocycles. The van der Waals surface area contributed by atoms with E-state index in [2.05, 4.69) is 5.32 Å². The molecule has 1 atom stereocenters. The highest BCUT2D eigenvalue weighted by atomic mass is 35.5. The molecular formula is C32H30Cl3N3O5S. The van der Waals surface area contributed by atoms with Crippen LogP contribution in [0.5, 0.6) is 5.75 Å². The smallest absolute Gasteiger partial charge is 0.264 e. The summed E-state index contributed by atoms with van der Waals surface area (Å²) in [5, 5.41) is 3.37. The second kappa shape index (κ2) is 14.8. The van der Waals surface area contributed by atoms with Crippen LogP contribution in [0.15, 0.2) is 102 Å². The lowest BCUT2D eigenvalue weighted by Crippen LogP contribution is -2.53. The van der Waals surface area contributed by atoms with Gasteiger partial charge in [-0.2, -0.15) is 0 Å². The average Bonchev–Trinajstić information content (AvgIpc) is 3.03. The molecule has 0 aliphatic rings. The van der Waals surface area contributed by atoms with E-state index in [-0.39, 0.29) is 28.6 Å². The van der Waals surface area contributed by atoms with Crippen molar-refractivity contribution in [3.63, 3.8) is 0 Å². The maximum atomic E-state index is 14.4. The van der Waals surface area contributed by atoms with Crippen LogP contribution in [0.4, 0.5) is 5.69 Å². The van der Waals surface area contributed by atoms with Crippen molar-refractivity contribution in [3.05, 3.63) is 123 Å². The lowest BCUT2D eigenvalue weighted by molar-refractivity contribution is -0.139. The summed E-state index contributed by atoms with van der Waals surface area (Å²) in [6.07, 6.45) is 0.147. The molecule has 0 bridgehead atoms. The predicted octanol–water partition coefficient (Wildman–Crippen LogP) is 6.24. The Balaban J connectivity index is 1.83. The molecule has 8 nitrogen and oxygen atoms in total. The number of ether oxygens (including phenoxy) is 1. The summed E-state index contributed by atoms with van der Waals surface area (Å²) in [5.41, 5.74) is 1.33. The zero-order valence-corrected chi connectivity index (χ0v) is 27.0. The lowest BCUT2D eigenvalue weighted by Gasteiger charge is -2.34. The number of likely N-dealkylation sites (N-methyl/N-ethyl adjacent to an activating group) is 1. The van der Waals surface area contributed by atoms with Crippen molar-refractivity contribution in [3.8, 4) is 5.75 Å². The number of carbonyl (C=O) groups excluding carboxylic acids is 2. The second-order valence-electron chi connectivity index (χ2n) is 9.69. The number of hydrogen-bond donors (Lipinski definition) is 1. The number of methoxy groups -OCH3 is 1. The summed E-state index contributed by atoms with van der Waals surface area (Å²) in [7, 11) is -1.38. The first-order chi connectivity index (χ1) is 21.1. The van der Waals surface area contributed by atoms with Gasteiger partial charge in [-0.25, -0.2) is 8.42 Å². The predicted molar refractivity (Wildman–Crippen MR) is 174 cm³/mol. The Hall–Kier alpha value is -3.76. The molecule has 4 aromatic rings. The van der Waals surface area contributed by atoms with Gasteiger partial charge in [0.1, 0.15) is 18.3 Å². The Morgan fingerprint density at radius 2 is 1.45 bits per heavy atom. The number of hydrogen-bond acceptors (Lipinski definition) is 5. The number of carbonyl (C=O) groups is 2. The van der Waals surface area contributed by atoms with Crippen molar-refractivity contribution < 1.29 is 22.7 Å². The second-order valence-corrected chi connectivity index (χ2v) is 12.8. The maximum Gasteiger partial charge on any atom is 0.264 e. The summed E-state index contributed by atoms with van der Waals surface area (Å²) in [6.45, 7) is -0.824. The van der Waals surface area contributed by atoms with E-state index < -0.39 is 34.4 Å². The molecule has 0 radical (unpaired) electrons. The Labute approximate surface area is 272 Å². The van der Waals surface area contributed by atoms with Gasteiger partial charge in [0.2, 0.25) is 11.8 Å². The van der Waals surface area contributed by atoms with Crippen LogP contribution in [0.25, 0.3) is 0 Å². The first-order valence-corrected chi connectivity index (χ1v) is 16.0. The van der Waals surface area contributed by atoms with E-state index in [1.807, 2.05) is 30.3 Å². The molecule has 230 valence electrons. The summed E-state index contributed by atoms with van der Waals surface area (Å²) < 4.78 is 34.3.